The van der Waals surface area contributed by atoms with Crippen LogP contribution in [0.4, 0.5) is 0 Å². The van der Waals surface area contributed by atoms with Gasteiger partial charge >= 0.3 is 14.2 Å². The second kappa shape index (κ2) is 23.3. The lowest BCUT2D eigenvalue weighted by Gasteiger charge is -2.27. The maximum atomic E-state index is 10.9. The molecule has 0 spiro atoms. The number of ether oxygens (including phenoxy) is 4. The van der Waals surface area contributed by atoms with Crippen LogP contribution in [0.15, 0.2) is 146 Å². The van der Waals surface area contributed by atoms with Crippen molar-refractivity contribution in [2.75, 3.05) is 39.5 Å². The van der Waals surface area contributed by atoms with Gasteiger partial charge in [-0.25, -0.2) is 0 Å². The van der Waals surface area contributed by atoms with E-state index in [-0.39, 0.29) is 37.3 Å². The van der Waals surface area contributed by atoms with Crippen LogP contribution in [0.25, 0.3) is 0 Å². The fraction of sp³-hybridized carbons (Fsp3) is 0.345. The molecule has 0 saturated carbocycles. The van der Waals surface area contributed by atoms with Gasteiger partial charge in [0.25, 0.3) is 0 Å². The minimum atomic E-state index is -1.03. The minimum Gasteiger partial charge on any atom is -0.491 e. The van der Waals surface area contributed by atoms with Crippen LogP contribution in [0.1, 0.15) is 70.6 Å². The van der Waals surface area contributed by atoms with Gasteiger partial charge in [0.05, 0.1) is 25.4 Å². The van der Waals surface area contributed by atoms with Gasteiger partial charge in [0.2, 0.25) is 0 Å². The second-order valence-corrected chi connectivity index (χ2v) is 18.6. The van der Waals surface area contributed by atoms with Gasteiger partial charge in [0, 0.05) is 50.2 Å². The molecule has 0 unspecified atom stereocenters. The largest absolute Gasteiger partial charge is 0.498 e. The van der Waals surface area contributed by atoms with E-state index in [1.54, 1.807) is 0 Å². The predicted molar refractivity (Wildman–Crippen MR) is 272 cm³/mol. The highest BCUT2D eigenvalue weighted by Gasteiger charge is 2.45. The lowest BCUT2D eigenvalue weighted by Crippen LogP contribution is -2.37. The van der Waals surface area contributed by atoms with Gasteiger partial charge in [-0.2, -0.15) is 0 Å². The highest BCUT2D eigenvalue weighted by atomic mass is 35.5. The molecule has 2 N–H and O–H groups in total. The first-order chi connectivity index (χ1) is 33.1. The van der Waals surface area contributed by atoms with Gasteiger partial charge in [-0.3, -0.25) is 9.80 Å². The normalized spacial score (nSPS) is 19.8. The summed E-state index contributed by atoms with van der Waals surface area (Å²) in [6.45, 7) is 13.6. The molecule has 69 heavy (non-hydrogen) atoms. The van der Waals surface area contributed by atoms with E-state index < -0.39 is 26.1 Å². The number of rotatable bonds is 16. The molecule has 4 atom stereocenters. The van der Waals surface area contributed by atoms with E-state index in [1.807, 2.05) is 56.3 Å². The van der Waals surface area contributed by atoms with Gasteiger partial charge in [-0.1, -0.05) is 133 Å². The van der Waals surface area contributed by atoms with Crippen molar-refractivity contribution in [3.05, 3.63) is 190 Å². The number of halogens is 1. The standard InChI is InChI=1S/C29H34BNO5.C26H28BNO4.ClH/c1-21-14-15-25(33-19-24-20-34-29(2,3)35-24)28-27(21)26(36-30(28)32)18-31(16-22-10-6-4-7-11-22)17-23-12-8-5-9-13-23;1-19-12-13-23-26-25(19)24(32-27(26)31-22(17-29)18-30-23)16-28(14-20-8-4-2-5-9-20)15-21-10-6-3-7-11-21;/h4-15,24,26,32H,16-20H2,1-3H3;2-13,22,24,29H,14-18H2,1H3;1H/t24-,26+;22-,24-;/m01./s1. The molecular formula is C55H63B2ClN2O9. The Morgan fingerprint density at radius 1 is 0.594 bits per heavy atom. The number of aliphatic hydroxyl groups excluding tert-OH is 1. The quantitative estimate of drug-likeness (QED) is 0.0935. The average Bonchev–Trinajstić information content (AvgIpc) is 3.96. The maximum Gasteiger partial charge on any atom is 0.498 e. The summed E-state index contributed by atoms with van der Waals surface area (Å²) in [7, 11) is -1.55. The minimum absolute atomic E-state index is 0. The van der Waals surface area contributed by atoms with E-state index in [0.717, 1.165) is 66.1 Å². The lowest BCUT2D eigenvalue weighted by molar-refractivity contribution is -0.141. The molecule has 0 amide bonds. The summed E-state index contributed by atoms with van der Waals surface area (Å²) >= 11 is 0. The molecule has 6 aromatic rings. The molecule has 4 aliphatic heterocycles. The van der Waals surface area contributed by atoms with Crippen molar-refractivity contribution in [2.45, 2.75) is 84.1 Å². The number of hydrogen-bond acceptors (Lipinski definition) is 11. The first-order valence-corrected chi connectivity index (χ1v) is 23.8. The molecule has 4 aliphatic rings. The molecule has 10 rings (SSSR count). The first kappa shape index (κ1) is 50.4. The third-order valence-electron chi connectivity index (χ3n) is 12.9. The predicted octanol–water partition coefficient (Wildman–Crippen LogP) is 7.64. The van der Waals surface area contributed by atoms with Crippen molar-refractivity contribution in [3.8, 4) is 11.5 Å². The van der Waals surface area contributed by atoms with Crippen LogP contribution < -0.4 is 20.4 Å². The number of aryl methyl sites for hydroxylation is 2. The smallest absolute Gasteiger partial charge is 0.491 e. The third-order valence-corrected chi connectivity index (χ3v) is 12.9. The van der Waals surface area contributed by atoms with E-state index in [2.05, 4.69) is 127 Å². The summed E-state index contributed by atoms with van der Waals surface area (Å²) in [5, 5.41) is 20.6. The Morgan fingerprint density at radius 2 is 1.07 bits per heavy atom. The Hall–Kier alpha value is -5.02. The zero-order valence-electron chi connectivity index (χ0n) is 39.9. The summed E-state index contributed by atoms with van der Waals surface area (Å²) in [6, 6.07) is 50.0. The number of hydrogen-bond donors (Lipinski definition) is 2. The molecular weight excluding hydrogens is 890 g/mol. The molecule has 11 nitrogen and oxygen atoms in total. The topological polar surface area (TPSA) is 112 Å². The van der Waals surface area contributed by atoms with Crippen LogP contribution in [0.5, 0.6) is 11.5 Å². The Balaban J connectivity index is 0.000000185. The van der Waals surface area contributed by atoms with Gasteiger partial charge in [0.15, 0.2) is 5.79 Å². The molecule has 0 aromatic heterocycles. The van der Waals surface area contributed by atoms with Gasteiger partial charge in [-0.15, -0.1) is 12.4 Å². The van der Waals surface area contributed by atoms with Crippen LogP contribution in [0, 0.1) is 13.8 Å². The Labute approximate surface area is 413 Å². The van der Waals surface area contributed by atoms with E-state index >= 15 is 0 Å². The van der Waals surface area contributed by atoms with Crippen LogP contribution in [-0.4, -0.2) is 91.7 Å². The van der Waals surface area contributed by atoms with Crippen molar-refractivity contribution in [1.82, 2.24) is 9.80 Å². The SMILES string of the molecule is Cc1ccc(OC[C@H]2COC(C)(C)O2)c2c1[C@@H](CN(Cc1ccccc1)Cc1ccccc1)OB2O.Cc1ccc2c3c1[C@@H](CN(Cc1ccccc1)Cc1ccccc1)OB3O[C@H](CO)CO2.Cl. The third kappa shape index (κ3) is 12.7. The highest BCUT2D eigenvalue weighted by Crippen LogP contribution is 2.36. The molecule has 0 aliphatic carbocycles. The van der Waals surface area contributed by atoms with E-state index in [1.165, 1.54) is 27.8 Å². The molecule has 6 aromatic carbocycles. The zero-order valence-corrected chi connectivity index (χ0v) is 40.8. The van der Waals surface area contributed by atoms with Gasteiger partial charge in [0.1, 0.15) is 36.9 Å². The summed E-state index contributed by atoms with van der Waals surface area (Å²) in [6.07, 6.45) is -0.956. The maximum absolute atomic E-state index is 10.9. The summed E-state index contributed by atoms with van der Waals surface area (Å²) < 4.78 is 42.3. The Kier molecular flexibility index (Phi) is 17.0. The zero-order chi connectivity index (χ0) is 47.0. The monoisotopic (exact) mass is 952 g/mol. The molecule has 0 bridgehead atoms. The van der Waals surface area contributed by atoms with Crippen molar-refractivity contribution in [1.29, 1.82) is 0 Å². The lowest BCUT2D eigenvalue weighted by atomic mass is 9.76. The number of benzene rings is 6. The first-order valence-electron chi connectivity index (χ1n) is 23.8. The van der Waals surface area contributed by atoms with Crippen molar-refractivity contribution >= 4 is 37.6 Å². The highest BCUT2D eigenvalue weighted by molar-refractivity contribution is 6.64. The molecule has 4 heterocycles. The fourth-order valence-electron chi connectivity index (χ4n) is 9.73. The van der Waals surface area contributed by atoms with E-state index in [9.17, 15) is 10.1 Å². The van der Waals surface area contributed by atoms with E-state index in [4.69, 9.17) is 32.9 Å². The number of aliphatic hydroxyl groups is 1. The number of fused-ring (bicyclic) bond motifs is 1. The van der Waals surface area contributed by atoms with Crippen LogP contribution >= 0.6 is 12.4 Å². The van der Waals surface area contributed by atoms with Gasteiger partial charge < -0.3 is 43.0 Å². The summed E-state index contributed by atoms with van der Waals surface area (Å²) in [5.74, 6) is 0.834. The van der Waals surface area contributed by atoms with Crippen molar-refractivity contribution in [2.24, 2.45) is 0 Å². The Morgan fingerprint density at radius 3 is 1.55 bits per heavy atom. The summed E-state index contributed by atoms with van der Waals surface area (Å²) in [4.78, 5) is 4.79. The molecule has 1 fully saturated rings. The van der Waals surface area contributed by atoms with Gasteiger partial charge in [-0.05, 0) is 84.3 Å². The Bertz CT molecular complexity index is 2480. The van der Waals surface area contributed by atoms with E-state index in [0.29, 0.717) is 32.1 Å². The van der Waals surface area contributed by atoms with Crippen LogP contribution in [0.3, 0.4) is 0 Å². The molecule has 14 heteroatoms. The van der Waals surface area contributed by atoms with Crippen LogP contribution in [0.2, 0.25) is 0 Å². The molecule has 0 radical (unpaired) electrons. The van der Waals surface area contributed by atoms with Crippen molar-refractivity contribution < 1.29 is 43.0 Å². The summed E-state index contributed by atoms with van der Waals surface area (Å²) in [5.41, 5.74) is 11.1. The van der Waals surface area contributed by atoms with Crippen molar-refractivity contribution in [3.63, 3.8) is 0 Å². The molecule has 1 saturated heterocycles. The average molecular weight is 953 g/mol. The van der Waals surface area contributed by atoms with Crippen LogP contribution in [-0.2, 0) is 49.6 Å². The molecule has 360 valence electrons. The fourth-order valence-corrected chi connectivity index (χ4v) is 9.73. The second-order valence-electron chi connectivity index (χ2n) is 18.6. The number of nitrogens with zero attached hydrogens (tertiary/aromatic N) is 2.